The fourth-order valence-electron chi connectivity index (χ4n) is 2.57. The zero-order valence-electron chi connectivity index (χ0n) is 11.8. The first kappa shape index (κ1) is 15.8. The number of carbonyl (C=O) groups excluding carboxylic acids is 1. The van der Waals surface area contributed by atoms with Gasteiger partial charge in [-0.2, -0.15) is 0 Å². The first-order chi connectivity index (χ1) is 10.5. The van der Waals surface area contributed by atoms with Crippen molar-refractivity contribution in [2.24, 2.45) is 5.92 Å². The molecule has 1 heterocycles. The molecule has 1 fully saturated rings. The molecule has 2 unspecified atom stereocenters. The Morgan fingerprint density at radius 2 is 1.82 bits per heavy atom. The molecule has 2 N–H and O–H groups in total. The van der Waals surface area contributed by atoms with E-state index in [0.29, 0.717) is 6.42 Å². The molecule has 118 valence electrons. The minimum Gasteiger partial charge on any atom is -0.481 e. The Morgan fingerprint density at radius 1 is 1.14 bits per heavy atom. The molecule has 1 amide bonds. The van der Waals surface area contributed by atoms with Gasteiger partial charge in [-0.3, -0.25) is 9.69 Å². The van der Waals surface area contributed by atoms with Gasteiger partial charge in [-0.1, -0.05) is 30.3 Å². The molecule has 0 radical (unpaired) electrons. The van der Waals surface area contributed by atoms with Crippen LogP contribution in [0.25, 0.3) is 0 Å². The number of likely N-dealkylation sites (tertiary alicyclic amines) is 1. The summed E-state index contributed by atoms with van der Waals surface area (Å²) in [5.41, 5.74) is 0.773. The maximum atomic E-state index is 12.1. The summed E-state index contributed by atoms with van der Waals surface area (Å²) >= 11 is 0. The molecule has 1 saturated heterocycles. The number of rotatable bonds is 4. The van der Waals surface area contributed by atoms with Crippen LogP contribution in [0.5, 0.6) is 0 Å². The molecule has 0 saturated carbocycles. The number of ether oxygens (including phenoxy) is 1. The quantitative estimate of drug-likeness (QED) is 0.875. The third-order valence-electron chi connectivity index (χ3n) is 3.64. The maximum Gasteiger partial charge on any atom is 0.410 e. The van der Waals surface area contributed by atoms with Crippen molar-refractivity contribution in [1.82, 2.24) is 4.90 Å². The number of carboxylic acids is 2. The first-order valence-corrected chi connectivity index (χ1v) is 6.93. The summed E-state index contributed by atoms with van der Waals surface area (Å²) in [6, 6.07) is 7.58. The Kier molecular flexibility index (Phi) is 4.98. The molecule has 1 aliphatic rings. The number of carboxylic acid groups (broad SMARTS) is 2. The Hall–Kier alpha value is -2.57. The van der Waals surface area contributed by atoms with E-state index in [4.69, 9.17) is 9.84 Å². The molecule has 22 heavy (non-hydrogen) atoms. The van der Waals surface area contributed by atoms with Crippen molar-refractivity contribution in [3.8, 4) is 0 Å². The van der Waals surface area contributed by atoms with Crippen LogP contribution in [0.4, 0.5) is 4.79 Å². The summed E-state index contributed by atoms with van der Waals surface area (Å²) in [5, 5.41) is 18.4. The largest absolute Gasteiger partial charge is 0.481 e. The van der Waals surface area contributed by atoms with Gasteiger partial charge in [0.25, 0.3) is 0 Å². The molecule has 1 aromatic rings. The van der Waals surface area contributed by atoms with Crippen LogP contribution in [-0.4, -0.2) is 45.7 Å². The van der Waals surface area contributed by atoms with E-state index in [1.807, 2.05) is 6.07 Å². The van der Waals surface area contributed by atoms with Crippen molar-refractivity contribution in [1.29, 1.82) is 0 Å². The minimum atomic E-state index is -1.39. The summed E-state index contributed by atoms with van der Waals surface area (Å²) in [6.45, 7) is 0.189. The molecule has 0 aliphatic carbocycles. The van der Waals surface area contributed by atoms with E-state index >= 15 is 0 Å². The number of piperidine rings is 1. The molecule has 0 aromatic heterocycles. The predicted molar refractivity (Wildman–Crippen MR) is 75.1 cm³/mol. The average molecular weight is 307 g/mol. The Labute approximate surface area is 127 Å². The van der Waals surface area contributed by atoms with Crippen LogP contribution in [0.1, 0.15) is 18.4 Å². The standard InChI is InChI=1S/C15H17NO6/c17-13(18)11-7-4-8-16(12(11)14(19)20)15(21)22-9-10-5-2-1-3-6-10/h1-3,5-6,11-12H,4,7-9H2,(H,17,18)(H,19,20). The zero-order valence-corrected chi connectivity index (χ0v) is 11.8. The third-order valence-corrected chi connectivity index (χ3v) is 3.64. The van der Waals surface area contributed by atoms with Gasteiger partial charge in [0, 0.05) is 6.54 Å². The lowest BCUT2D eigenvalue weighted by atomic mass is 9.89. The minimum absolute atomic E-state index is 0.0141. The molecule has 1 aliphatic heterocycles. The SMILES string of the molecule is O=C(O)C1CCCN(C(=O)OCc2ccccc2)C1C(=O)O. The number of hydrogen-bond donors (Lipinski definition) is 2. The van der Waals surface area contributed by atoms with Gasteiger partial charge in [-0.25, -0.2) is 9.59 Å². The Bertz CT molecular complexity index is 558. The van der Waals surface area contributed by atoms with Crippen LogP contribution in [0.2, 0.25) is 0 Å². The summed E-state index contributed by atoms with van der Waals surface area (Å²) in [5.74, 6) is -3.66. The molecule has 0 bridgehead atoms. The number of nitrogens with zero attached hydrogens (tertiary/aromatic N) is 1. The second-order valence-corrected chi connectivity index (χ2v) is 5.10. The van der Waals surface area contributed by atoms with Crippen LogP contribution >= 0.6 is 0 Å². The van der Waals surface area contributed by atoms with Gasteiger partial charge in [0.15, 0.2) is 0 Å². The van der Waals surface area contributed by atoms with E-state index in [2.05, 4.69) is 0 Å². The summed E-state index contributed by atoms with van der Waals surface area (Å²) in [7, 11) is 0. The molecule has 2 atom stereocenters. The van der Waals surface area contributed by atoms with E-state index in [-0.39, 0.29) is 19.6 Å². The lowest BCUT2D eigenvalue weighted by Gasteiger charge is -2.35. The van der Waals surface area contributed by atoms with E-state index in [9.17, 15) is 19.5 Å². The van der Waals surface area contributed by atoms with E-state index in [1.165, 1.54) is 0 Å². The summed E-state index contributed by atoms with van der Waals surface area (Å²) < 4.78 is 5.11. The van der Waals surface area contributed by atoms with E-state index < -0.39 is 30.0 Å². The van der Waals surface area contributed by atoms with Crippen molar-refractivity contribution in [2.75, 3.05) is 6.54 Å². The number of hydrogen-bond acceptors (Lipinski definition) is 4. The molecular formula is C15H17NO6. The Morgan fingerprint density at radius 3 is 2.41 bits per heavy atom. The number of carbonyl (C=O) groups is 3. The second kappa shape index (κ2) is 6.93. The molecule has 7 heteroatoms. The van der Waals surface area contributed by atoms with Gasteiger partial charge in [0.1, 0.15) is 12.6 Å². The van der Waals surface area contributed by atoms with Crippen LogP contribution in [0.15, 0.2) is 30.3 Å². The normalized spacial score (nSPS) is 21.2. The van der Waals surface area contributed by atoms with Gasteiger partial charge in [-0.15, -0.1) is 0 Å². The van der Waals surface area contributed by atoms with Crippen LogP contribution < -0.4 is 0 Å². The van der Waals surface area contributed by atoms with Gasteiger partial charge in [-0.05, 0) is 18.4 Å². The van der Waals surface area contributed by atoms with Gasteiger partial charge in [0.2, 0.25) is 0 Å². The molecule has 7 nitrogen and oxygen atoms in total. The highest BCUT2D eigenvalue weighted by molar-refractivity contribution is 5.86. The highest BCUT2D eigenvalue weighted by Gasteiger charge is 2.43. The predicted octanol–water partition coefficient (Wildman–Crippen LogP) is 1.57. The fourth-order valence-corrected chi connectivity index (χ4v) is 2.57. The smallest absolute Gasteiger partial charge is 0.410 e. The van der Waals surface area contributed by atoms with Gasteiger partial charge in [0.05, 0.1) is 5.92 Å². The second-order valence-electron chi connectivity index (χ2n) is 5.10. The van der Waals surface area contributed by atoms with Gasteiger partial charge < -0.3 is 14.9 Å². The molecule has 0 spiro atoms. The van der Waals surface area contributed by atoms with Crippen molar-refractivity contribution in [2.45, 2.75) is 25.5 Å². The molecular weight excluding hydrogens is 290 g/mol. The number of amides is 1. The highest BCUT2D eigenvalue weighted by Crippen LogP contribution is 2.25. The fraction of sp³-hybridized carbons (Fsp3) is 0.400. The Balaban J connectivity index is 2.06. The molecule has 2 rings (SSSR count). The van der Waals surface area contributed by atoms with Crippen molar-refractivity contribution in [3.05, 3.63) is 35.9 Å². The van der Waals surface area contributed by atoms with Gasteiger partial charge >= 0.3 is 18.0 Å². The topological polar surface area (TPSA) is 104 Å². The lowest BCUT2D eigenvalue weighted by molar-refractivity contribution is -0.157. The zero-order chi connectivity index (χ0) is 16.1. The number of aliphatic carboxylic acids is 2. The van der Waals surface area contributed by atoms with Crippen molar-refractivity contribution >= 4 is 18.0 Å². The van der Waals surface area contributed by atoms with E-state index in [1.54, 1.807) is 24.3 Å². The van der Waals surface area contributed by atoms with Crippen LogP contribution in [0.3, 0.4) is 0 Å². The summed E-state index contributed by atoms with van der Waals surface area (Å²) in [4.78, 5) is 35.6. The first-order valence-electron chi connectivity index (χ1n) is 6.93. The van der Waals surface area contributed by atoms with Crippen molar-refractivity contribution < 1.29 is 29.3 Å². The average Bonchev–Trinajstić information content (AvgIpc) is 2.52. The maximum absolute atomic E-state index is 12.1. The molecule has 1 aromatic carbocycles. The highest BCUT2D eigenvalue weighted by atomic mass is 16.6. The lowest BCUT2D eigenvalue weighted by Crippen LogP contribution is -2.54. The van der Waals surface area contributed by atoms with E-state index in [0.717, 1.165) is 10.5 Å². The monoisotopic (exact) mass is 307 g/mol. The summed E-state index contributed by atoms with van der Waals surface area (Å²) in [6.07, 6.45) is -0.141. The third kappa shape index (κ3) is 3.55. The number of benzene rings is 1. The van der Waals surface area contributed by atoms with Crippen molar-refractivity contribution in [3.63, 3.8) is 0 Å². The van der Waals surface area contributed by atoms with Crippen LogP contribution in [0, 0.1) is 5.92 Å². The van der Waals surface area contributed by atoms with Crippen LogP contribution in [-0.2, 0) is 20.9 Å².